The number of aryl methyl sites for hydroxylation is 1. The van der Waals surface area contributed by atoms with Gasteiger partial charge < -0.3 is 11.1 Å². The van der Waals surface area contributed by atoms with E-state index >= 15 is 0 Å². The number of amides is 1. The van der Waals surface area contributed by atoms with Crippen molar-refractivity contribution in [2.24, 2.45) is 0 Å². The van der Waals surface area contributed by atoms with Crippen LogP contribution in [-0.4, -0.2) is 27.1 Å². The van der Waals surface area contributed by atoms with Crippen molar-refractivity contribution < 1.29 is 13.2 Å². The number of hydrogen-bond donors (Lipinski definition) is 2. The fourth-order valence-electron chi connectivity index (χ4n) is 1.25. The molecule has 3 N–H and O–H groups in total. The van der Waals surface area contributed by atoms with Crippen LogP contribution in [0.2, 0.25) is 0 Å². The molecular formula is C10H14N2O3S. The van der Waals surface area contributed by atoms with E-state index in [-0.39, 0.29) is 10.6 Å². The lowest BCUT2D eigenvalue weighted by molar-refractivity contribution is -0.118. The van der Waals surface area contributed by atoms with Gasteiger partial charge in [0, 0.05) is 7.05 Å². The monoisotopic (exact) mass is 242 g/mol. The molecule has 0 aliphatic rings. The molecule has 0 fully saturated rings. The Labute approximate surface area is 94.6 Å². The topological polar surface area (TPSA) is 89.3 Å². The molecule has 1 rings (SSSR count). The second kappa shape index (κ2) is 4.52. The van der Waals surface area contributed by atoms with Crippen molar-refractivity contribution in [1.29, 1.82) is 0 Å². The highest BCUT2D eigenvalue weighted by Gasteiger charge is 2.21. The van der Waals surface area contributed by atoms with Crippen LogP contribution in [0.15, 0.2) is 23.1 Å². The second-order valence-electron chi connectivity index (χ2n) is 3.42. The first-order valence-corrected chi connectivity index (χ1v) is 6.32. The third-order valence-corrected chi connectivity index (χ3v) is 3.89. The van der Waals surface area contributed by atoms with Crippen LogP contribution in [0.25, 0.3) is 0 Å². The summed E-state index contributed by atoms with van der Waals surface area (Å²) >= 11 is 0. The van der Waals surface area contributed by atoms with Gasteiger partial charge in [0.2, 0.25) is 5.91 Å². The van der Waals surface area contributed by atoms with Gasteiger partial charge in [-0.3, -0.25) is 4.79 Å². The summed E-state index contributed by atoms with van der Waals surface area (Å²) in [6.45, 7) is 1.72. The third-order valence-electron chi connectivity index (χ3n) is 2.22. The summed E-state index contributed by atoms with van der Waals surface area (Å²) < 4.78 is 23.7. The molecule has 16 heavy (non-hydrogen) atoms. The van der Waals surface area contributed by atoms with E-state index in [1.807, 2.05) is 0 Å². The van der Waals surface area contributed by atoms with Crippen LogP contribution in [-0.2, 0) is 14.6 Å². The smallest absolute Gasteiger partial charge is 0.235 e. The van der Waals surface area contributed by atoms with Crippen molar-refractivity contribution in [3.8, 4) is 0 Å². The van der Waals surface area contributed by atoms with Gasteiger partial charge in [-0.1, -0.05) is 12.1 Å². The first-order valence-electron chi connectivity index (χ1n) is 4.67. The molecule has 0 radical (unpaired) electrons. The summed E-state index contributed by atoms with van der Waals surface area (Å²) in [4.78, 5) is 11.1. The van der Waals surface area contributed by atoms with Crippen molar-refractivity contribution in [1.82, 2.24) is 5.32 Å². The van der Waals surface area contributed by atoms with Gasteiger partial charge >= 0.3 is 0 Å². The highest BCUT2D eigenvalue weighted by Crippen LogP contribution is 2.22. The standard InChI is InChI=1S/C10H14N2O3S/c1-7-4-3-5-8(10(7)11)16(14,15)6-9(13)12-2/h3-5H,6,11H2,1-2H3,(H,12,13). The van der Waals surface area contributed by atoms with Crippen LogP contribution >= 0.6 is 0 Å². The van der Waals surface area contributed by atoms with Crippen molar-refractivity contribution in [3.63, 3.8) is 0 Å². The number of anilines is 1. The van der Waals surface area contributed by atoms with Gasteiger partial charge in [-0.2, -0.15) is 0 Å². The molecule has 1 aromatic rings. The minimum absolute atomic E-state index is 0.0103. The lowest BCUT2D eigenvalue weighted by atomic mass is 10.2. The van der Waals surface area contributed by atoms with E-state index in [4.69, 9.17) is 5.73 Å². The fraction of sp³-hybridized carbons (Fsp3) is 0.300. The number of sulfone groups is 1. The van der Waals surface area contributed by atoms with E-state index in [0.29, 0.717) is 5.56 Å². The molecule has 0 aliphatic carbocycles. The largest absolute Gasteiger partial charge is 0.397 e. The summed E-state index contributed by atoms with van der Waals surface area (Å²) in [5.74, 6) is -1.14. The summed E-state index contributed by atoms with van der Waals surface area (Å²) in [6.07, 6.45) is 0. The van der Waals surface area contributed by atoms with Crippen LogP contribution in [0.3, 0.4) is 0 Å². The number of nitrogens with one attached hydrogen (secondary N) is 1. The molecule has 0 spiro atoms. The Bertz CT molecular complexity index is 509. The molecule has 0 saturated heterocycles. The van der Waals surface area contributed by atoms with E-state index in [2.05, 4.69) is 5.32 Å². The highest BCUT2D eigenvalue weighted by molar-refractivity contribution is 7.92. The molecular weight excluding hydrogens is 228 g/mol. The molecule has 0 aromatic heterocycles. The molecule has 0 unspecified atom stereocenters. The first kappa shape index (κ1) is 12.5. The van der Waals surface area contributed by atoms with E-state index in [1.54, 1.807) is 19.1 Å². The maximum absolute atomic E-state index is 11.8. The maximum atomic E-state index is 11.8. The van der Waals surface area contributed by atoms with E-state index in [9.17, 15) is 13.2 Å². The van der Waals surface area contributed by atoms with Gasteiger partial charge in [-0.05, 0) is 18.6 Å². The van der Waals surface area contributed by atoms with Crippen molar-refractivity contribution in [2.75, 3.05) is 18.5 Å². The molecule has 0 aliphatic heterocycles. The van der Waals surface area contributed by atoms with E-state index in [1.165, 1.54) is 13.1 Å². The lowest BCUT2D eigenvalue weighted by Gasteiger charge is -2.08. The van der Waals surface area contributed by atoms with Crippen LogP contribution in [0.1, 0.15) is 5.56 Å². The number of hydrogen-bond acceptors (Lipinski definition) is 4. The van der Waals surface area contributed by atoms with Crippen LogP contribution in [0.5, 0.6) is 0 Å². The predicted octanol–water partition coefficient (Wildman–Crippen LogP) is 0.0969. The zero-order chi connectivity index (χ0) is 12.3. The number of carbonyl (C=O) groups excluding carboxylic acids is 1. The molecule has 0 heterocycles. The lowest BCUT2D eigenvalue weighted by Crippen LogP contribution is -2.27. The number of benzene rings is 1. The second-order valence-corrected chi connectivity index (χ2v) is 5.38. The van der Waals surface area contributed by atoms with Gasteiger partial charge in [0.1, 0.15) is 5.75 Å². The molecule has 1 aromatic carbocycles. The minimum atomic E-state index is -3.66. The Morgan fingerprint density at radius 3 is 2.62 bits per heavy atom. The number of para-hydroxylation sites is 1. The van der Waals surface area contributed by atoms with Gasteiger partial charge in [0.15, 0.2) is 9.84 Å². The first-order chi connectivity index (χ1) is 7.38. The Balaban J connectivity index is 3.18. The highest BCUT2D eigenvalue weighted by atomic mass is 32.2. The van der Waals surface area contributed by atoms with Gasteiger partial charge in [-0.15, -0.1) is 0 Å². The Morgan fingerprint density at radius 2 is 2.06 bits per heavy atom. The number of nitrogens with two attached hydrogens (primary N) is 1. The average molecular weight is 242 g/mol. The van der Waals surface area contributed by atoms with Crippen LogP contribution in [0.4, 0.5) is 5.69 Å². The van der Waals surface area contributed by atoms with Gasteiger partial charge in [0.25, 0.3) is 0 Å². The zero-order valence-corrected chi connectivity index (χ0v) is 9.97. The van der Waals surface area contributed by atoms with E-state index < -0.39 is 21.5 Å². The number of nitrogen functional groups attached to an aromatic ring is 1. The van der Waals surface area contributed by atoms with E-state index in [0.717, 1.165) is 0 Å². The molecule has 5 nitrogen and oxygen atoms in total. The Morgan fingerprint density at radius 1 is 1.44 bits per heavy atom. The molecule has 6 heteroatoms. The van der Waals surface area contributed by atoms with Crippen LogP contribution in [0, 0.1) is 6.92 Å². The average Bonchev–Trinajstić information content (AvgIpc) is 2.21. The van der Waals surface area contributed by atoms with Gasteiger partial charge in [-0.25, -0.2) is 8.42 Å². The molecule has 0 saturated carbocycles. The molecule has 88 valence electrons. The predicted molar refractivity (Wildman–Crippen MR) is 61.7 cm³/mol. The minimum Gasteiger partial charge on any atom is -0.397 e. The number of carbonyl (C=O) groups is 1. The summed E-state index contributed by atoms with van der Waals surface area (Å²) in [6, 6.07) is 4.72. The SMILES string of the molecule is CNC(=O)CS(=O)(=O)c1cccc(C)c1N. The van der Waals surface area contributed by atoms with Crippen molar-refractivity contribution >= 4 is 21.4 Å². The van der Waals surface area contributed by atoms with Crippen molar-refractivity contribution in [3.05, 3.63) is 23.8 Å². The summed E-state index contributed by atoms with van der Waals surface area (Å²) in [5, 5.41) is 2.27. The Hall–Kier alpha value is -1.56. The Kier molecular flexibility index (Phi) is 3.54. The summed E-state index contributed by atoms with van der Waals surface area (Å²) in [7, 11) is -2.28. The quantitative estimate of drug-likeness (QED) is 0.735. The van der Waals surface area contributed by atoms with Crippen LogP contribution < -0.4 is 11.1 Å². The normalized spacial score (nSPS) is 11.1. The number of rotatable bonds is 3. The summed E-state index contributed by atoms with van der Waals surface area (Å²) in [5.41, 5.74) is 6.55. The molecule has 1 amide bonds. The molecule has 0 bridgehead atoms. The zero-order valence-electron chi connectivity index (χ0n) is 9.15. The van der Waals surface area contributed by atoms with Crippen molar-refractivity contribution in [2.45, 2.75) is 11.8 Å². The fourth-order valence-corrected chi connectivity index (χ4v) is 2.67. The third kappa shape index (κ3) is 2.52. The maximum Gasteiger partial charge on any atom is 0.235 e. The van der Waals surface area contributed by atoms with Gasteiger partial charge in [0.05, 0.1) is 10.6 Å². The molecule has 0 atom stereocenters.